The number of carbonyl (C=O) groups is 4. The second kappa shape index (κ2) is 8.29. The van der Waals surface area contributed by atoms with E-state index in [9.17, 15) is 19.2 Å². The average Bonchev–Trinajstić information content (AvgIpc) is 2.83. The van der Waals surface area contributed by atoms with Crippen LogP contribution in [0.4, 0.5) is 5.69 Å². The van der Waals surface area contributed by atoms with Crippen LogP contribution in [0.3, 0.4) is 0 Å². The molecule has 0 bridgehead atoms. The Morgan fingerprint density at radius 3 is 2.07 bits per heavy atom. The number of amides is 3. The van der Waals surface area contributed by atoms with Gasteiger partial charge in [0.15, 0.2) is 0 Å². The first kappa shape index (κ1) is 20.9. The number of hydrogen-bond donors (Lipinski definition) is 1. The standard InChI is InChI=1S/C17H8ClI3N2O4/c18-15(25)12-9(19)5-10(20)14(13(12)21)22-11(24)6-23-16(26)7-3-1-2-4-8(7)17(23)27/h1-5H,6H2,(H,22,24). The quantitative estimate of drug-likeness (QED) is 0.293. The molecule has 0 unspecified atom stereocenters. The average molecular weight is 720 g/mol. The van der Waals surface area contributed by atoms with Crippen molar-refractivity contribution in [1.29, 1.82) is 0 Å². The molecule has 0 spiro atoms. The molecule has 6 nitrogen and oxygen atoms in total. The van der Waals surface area contributed by atoms with E-state index in [2.05, 4.69) is 5.32 Å². The van der Waals surface area contributed by atoms with Gasteiger partial charge in [0.1, 0.15) is 6.54 Å². The topological polar surface area (TPSA) is 83.6 Å². The Balaban J connectivity index is 1.84. The van der Waals surface area contributed by atoms with E-state index in [-0.39, 0.29) is 11.1 Å². The van der Waals surface area contributed by atoms with Crippen molar-refractivity contribution in [3.05, 3.63) is 57.7 Å². The predicted octanol–water partition coefficient (Wildman–Crippen LogP) is 4.11. The van der Waals surface area contributed by atoms with E-state index in [0.29, 0.717) is 22.0 Å². The van der Waals surface area contributed by atoms with Crippen molar-refractivity contribution in [3.8, 4) is 0 Å². The molecule has 3 rings (SSSR count). The van der Waals surface area contributed by atoms with Gasteiger partial charge in [0, 0.05) is 7.14 Å². The minimum atomic E-state index is -0.629. The van der Waals surface area contributed by atoms with Crippen LogP contribution in [0.15, 0.2) is 30.3 Å². The van der Waals surface area contributed by atoms with Gasteiger partial charge in [-0.1, -0.05) is 12.1 Å². The van der Waals surface area contributed by atoms with Crippen molar-refractivity contribution in [2.45, 2.75) is 0 Å². The summed E-state index contributed by atoms with van der Waals surface area (Å²) < 4.78 is 1.87. The molecule has 2 aromatic rings. The molecule has 3 amide bonds. The van der Waals surface area contributed by atoms with E-state index in [0.717, 1.165) is 4.90 Å². The van der Waals surface area contributed by atoms with Crippen LogP contribution < -0.4 is 5.32 Å². The van der Waals surface area contributed by atoms with Crippen molar-refractivity contribution >= 4 is 108 Å². The highest BCUT2D eigenvalue weighted by Gasteiger charge is 2.36. The van der Waals surface area contributed by atoms with Gasteiger partial charge in [-0.3, -0.25) is 24.1 Å². The third-order valence-corrected chi connectivity index (χ3v) is 6.78. The molecule has 2 aromatic carbocycles. The Bertz CT molecular complexity index is 990. The van der Waals surface area contributed by atoms with E-state index < -0.39 is 29.5 Å². The molecule has 10 heteroatoms. The van der Waals surface area contributed by atoms with Crippen LogP contribution in [0.1, 0.15) is 31.1 Å². The molecule has 0 fully saturated rings. The van der Waals surface area contributed by atoms with Crippen LogP contribution in [0.2, 0.25) is 0 Å². The first-order valence-electron chi connectivity index (χ1n) is 7.34. The number of nitrogens with one attached hydrogen (secondary N) is 1. The lowest BCUT2D eigenvalue weighted by Gasteiger charge is -2.16. The van der Waals surface area contributed by atoms with E-state index >= 15 is 0 Å². The molecule has 0 radical (unpaired) electrons. The van der Waals surface area contributed by atoms with Crippen LogP contribution >= 0.6 is 79.4 Å². The van der Waals surface area contributed by atoms with E-state index in [1.807, 2.05) is 67.8 Å². The first-order chi connectivity index (χ1) is 12.7. The molecule has 0 atom stereocenters. The van der Waals surface area contributed by atoms with Gasteiger partial charge in [0.2, 0.25) is 5.91 Å². The Hall–Kier alpha value is -0.800. The van der Waals surface area contributed by atoms with Crippen LogP contribution in [0, 0.1) is 10.7 Å². The summed E-state index contributed by atoms with van der Waals surface area (Å²) in [5.74, 6) is -1.56. The molecule has 0 aromatic heterocycles. The number of rotatable bonds is 4. The number of hydrogen-bond acceptors (Lipinski definition) is 4. The Morgan fingerprint density at radius 2 is 1.56 bits per heavy atom. The van der Waals surface area contributed by atoms with E-state index in [4.69, 9.17) is 11.6 Å². The predicted molar refractivity (Wildman–Crippen MR) is 125 cm³/mol. The molecule has 0 aliphatic carbocycles. The van der Waals surface area contributed by atoms with Crippen LogP contribution in [-0.4, -0.2) is 34.4 Å². The fourth-order valence-electron chi connectivity index (χ4n) is 2.59. The monoisotopic (exact) mass is 720 g/mol. The zero-order valence-corrected chi connectivity index (χ0v) is 20.4. The fourth-order valence-corrected chi connectivity index (χ4v) is 7.24. The third-order valence-electron chi connectivity index (χ3n) is 3.81. The largest absolute Gasteiger partial charge is 0.323 e. The molecule has 138 valence electrons. The number of nitrogens with zero attached hydrogens (tertiary/aromatic N) is 1. The number of anilines is 1. The summed E-state index contributed by atoms with van der Waals surface area (Å²) in [5.41, 5.74) is 1.28. The van der Waals surface area contributed by atoms with Gasteiger partial charge in [0.05, 0.1) is 25.9 Å². The zero-order valence-electron chi connectivity index (χ0n) is 13.2. The Kier molecular flexibility index (Phi) is 6.42. The molecule has 0 saturated carbocycles. The van der Waals surface area contributed by atoms with Gasteiger partial charge in [-0.15, -0.1) is 0 Å². The van der Waals surface area contributed by atoms with Crippen molar-refractivity contribution in [3.63, 3.8) is 0 Å². The summed E-state index contributed by atoms with van der Waals surface area (Å²) in [7, 11) is 0. The first-order valence-corrected chi connectivity index (χ1v) is 11.0. The molecular weight excluding hydrogens is 712 g/mol. The van der Waals surface area contributed by atoms with Gasteiger partial charge < -0.3 is 5.32 Å². The smallest absolute Gasteiger partial charge is 0.262 e. The van der Waals surface area contributed by atoms with Gasteiger partial charge in [-0.2, -0.15) is 0 Å². The van der Waals surface area contributed by atoms with Gasteiger partial charge in [-0.25, -0.2) is 0 Å². The highest BCUT2D eigenvalue weighted by atomic mass is 127. The highest BCUT2D eigenvalue weighted by Crippen LogP contribution is 2.33. The minimum absolute atomic E-state index is 0.281. The number of benzene rings is 2. The van der Waals surface area contributed by atoms with Gasteiger partial charge >= 0.3 is 0 Å². The summed E-state index contributed by atoms with van der Waals surface area (Å²) >= 11 is 11.6. The highest BCUT2D eigenvalue weighted by molar-refractivity contribution is 14.1. The lowest BCUT2D eigenvalue weighted by atomic mass is 10.1. The SMILES string of the molecule is O=C(CN1C(=O)c2ccccc2C1=O)Nc1c(I)cc(I)c(C(=O)Cl)c1I. The van der Waals surface area contributed by atoms with Gasteiger partial charge in [0.25, 0.3) is 17.1 Å². The minimum Gasteiger partial charge on any atom is -0.323 e. The number of carbonyl (C=O) groups excluding carboxylic acids is 4. The van der Waals surface area contributed by atoms with E-state index in [1.54, 1.807) is 30.3 Å². The Labute approximate surface area is 199 Å². The molecule has 1 aliphatic heterocycles. The van der Waals surface area contributed by atoms with Crippen molar-refractivity contribution in [2.75, 3.05) is 11.9 Å². The van der Waals surface area contributed by atoms with Crippen LogP contribution in [0.5, 0.6) is 0 Å². The third kappa shape index (κ3) is 4.00. The molecular formula is C17H8ClI3N2O4. The maximum Gasteiger partial charge on any atom is 0.262 e. The normalized spacial score (nSPS) is 13.0. The summed E-state index contributed by atoms with van der Waals surface area (Å²) in [6, 6.07) is 8.15. The lowest BCUT2D eigenvalue weighted by Crippen LogP contribution is -2.37. The molecule has 0 saturated heterocycles. The maximum absolute atomic E-state index is 12.5. The summed E-state index contributed by atoms with van der Waals surface area (Å²) in [4.78, 5) is 49.8. The Morgan fingerprint density at radius 1 is 1.00 bits per heavy atom. The zero-order chi connectivity index (χ0) is 19.9. The maximum atomic E-state index is 12.5. The second-order valence-electron chi connectivity index (χ2n) is 5.47. The second-order valence-corrected chi connectivity index (χ2v) is 9.21. The molecule has 27 heavy (non-hydrogen) atoms. The summed E-state index contributed by atoms with van der Waals surface area (Å²) in [5, 5.41) is 2.05. The number of fused-ring (bicyclic) bond motifs is 1. The molecule has 1 aliphatic rings. The van der Waals surface area contributed by atoms with Crippen LogP contribution in [0.25, 0.3) is 0 Å². The van der Waals surface area contributed by atoms with Crippen molar-refractivity contribution < 1.29 is 19.2 Å². The van der Waals surface area contributed by atoms with Gasteiger partial charge in [-0.05, 0) is 97.6 Å². The lowest BCUT2D eigenvalue weighted by molar-refractivity contribution is -0.116. The van der Waals surface area contributed by atoms with E-state index in [1.165, 1.54) is 0 Å². The number of halogens is 4. The van der Waals surface area contributed by atoms with Crippen molar-refractivity contribution in [2.24, 2.45) is 0 Å². The number of imide groups is 1. The fraction of sp³-hybridized carbons (Fsp3) is 0.0588. The summed E-state index contributed by atoms with van der Waals surface area (Å²) in [6.07, 6.45) is 0. The van der Waals surface area contributed by atoms with Crippen molar-refractivity contribution in [1.82, 2.24) is 4.90 Å². The molecule has 1 heterocycles. The summed E-state index contributed by atoms with van der Waals surface area (Å²) in [6.45, 7) is -0.422. The van der Waals surface area contributed by atoms with Crippen LogP contribution in [-0.2, 0) is 4.79 Å². The molecule has 1 N–H and O–H groups in total.